The van der Waals surface area contributed by atoms with Crippen LogP contribution in [-0.4, -0.2) is 53.6 Å². The van der Waals surface area contributed by atoms with Gasteiger partial charge in [-0.1, -0.05) is 6.92 Å². The van der Waals surface area contributed by atoms with Gasteiger partial charge in [-0.25, -0.2) is 0 Å². The molecule has 2 rings (SSSR count). The standard InChI is InChI=1S/C14H21N3O3/c1-3-12(14(19)17-6-8-20-9-7-17)15-13(18)11-4-5-16(2)10-11/h4-5,10,12H,3,6-9H2,1-2H3,(H,15,18). The van der Waals surface area contributed by atoms with Gasteiger partial charge in [-0.05, 0) is 12.5 Å². The lowest BCUT2D eigenvalue weighted by Crippen LogP contribution is -2.51. The smallest absolute Gasteiger partial charge is 0.253 e. The number of nitrogens with zero attached hydrogens (tertiary/aromatic N) is 2. The summed E-state index contributed by atoms with van der Waals surface area (Å²) in [5.41, 5.74) is 0.570. The summed E-state index contributed by atoms with van der Waals surface area (Å²) < 4.78 is 7.04. The van der Waals surface area contributed by atoms with E-state index in [0.29, 0.717) is 38.3 Å². The number of amides is 2. The highest BCUT2D eigenvalue weighted by atomic mass is 16.5. The summed E-state index contributed by atoms with van der Waals surface area (Å²) in [7, 11) is 1.85. The van der Waals surface area contributed by atoms with Crippen LogP contribution in [0.15, 0.2) is 18.5 Å². The number of carbonyl (C=O) groups excluding carboxylic acids is 2. The lowest BCUT2D eigenvalue weighted by atomic mass is 10.1. The van der Waals surface area contributed by atoms with Crippen molar-refractivity contribution in [3.05, 3.63) is 24.0 Å². The molecule has 1 fully saturated rings. The summed E-state index contributed by atoms with van der Waals surface area (Å²) in [5, 5.41) is 2.81. The second-order valence-electron chi connectivity index (χ2n) is 4.94. The van der Waals surface area contributed by atoms with Crippen molar-refractivity contribution in [3.63, 3.8) is 0 Å². The molecule has 1 unspecified atom stereocenters. The third-order valence-electron chi connectivity index (χ3n) is 3.43. The highest BCUT2D eigenvalue weighted by molar-refractivity contribution is 5.97. The number of hydrogen-bond acceptors (Lipinski definition) is 3. The van der Waals surface area contributed by atoms with Gasteiger partial charge in [-0.3, -0.25) is 9.59 Å². The molecule has 0 aromatic carbocycles. The second-order valence-corrected chi connectivity index (χ2v) is 4.94. The third-order valence-corrected chi connectivity index (χ3v) is 3.43. The van der Waals surface area contributed by atoms with Crippen LogP contribution < -0.4 is 5.32 Å². The van der Waals surface area contributed by atoms with Gasteiger partial charge in [0.25, 0.3) is 5.91 Å². The molecule has 1 atom stereocenters. The lowest BCUT2D eigenvalue weighted by molar-refractivity contribution is -0.137. The number of aryl methyl sites for hydroxylation is 1. The quantitative estimate of drug-likeness (QED) is 0.867. The Hall–Kier alpha value is -1.82. The zero-order chi connectivity index (χ0) is 14.5. The van der Waals surface area contributed by atoms with Crippen molar-refractivity contribution in [1.82, 2.24) is 14.8 Å². The molecule has 0 saturated carbocycles. The molecule has 1 aromatic rings. The molecule has 110 valence electrons. The Morgan fingerprint density at radius 1 is 1.40 bits per heavy atom. The summed E-state index contributed by atoms with van der Waals surface area (Å²) in [4.78, 5) is 26.2. The van der Waals surface area contributed by atoms with Crippen LogP contribution in [-0.2, 0) is 16.6 Å². The molecule has 2 amide bonds. The van der Waals surface area contributed by atoms with Crippen LogP contribution >= 0.6 is 0 Å². The fourth-order valence-corrected chi connectivity index (χ4v) is 2.22. The van der Waals surface area contributed by atoms with Gasteiger partial charge in [0.15, 0.2) is 0 Å². The highest BCUT2D eigenvalue weighted by Gasteiger charge is 2.26. The monoisotopic (exact) mass is 279 g/mol. The molecule has 0 bridgehead atoms. The molecular formula is C14H21N3O3. The first-order chi connectivity index (χ1) is 9.61. The van der Waals surface area contributed by atoms with Crippen LogP contribution in [0, 0.1) is 0 Å². The summed E-state index contributed by atoms with van der Waals surface area (Å²) in [6.45, 7) is 4.21. The Morgan fingerprint density at radius 3 is 2.65 bits per heavy atom. The predicted molar refractivity (Wildman–Crippen MR) is 74.4 cm³/mol. The largest absolute Gasteiger partial charge is 0.378 e. The third kappa shape index (κ3) is 3.39. The van der Waals surface area contributed by atoms with Gasteiger partial charge in [0.05, 0.1) is 18.8 Å². The van der Waals surface area contributed by atoms with Crippen molar-refractivity contribution in [3.8, 4) is 0 Å². The first-order valence-corrected chi connectivity index (χ1v) is 6.91. The molecule has 0 radical (unpaired) electrons. The van der Waals surface area contributed by atoms with E-state index < -0.39 is 6.04 Å². The van der Waals surface area contributed by atoms with Gasteiger partial charge in [0.1, 0.15) is 6.04 Å². The molecule has 1 aromatic heterocycles. The van der Waals surface area contributed by atoms with E-state index in [9.17, 15) is 9.59 Å². The lowest BCUT2D eigenvalue weighted by Gasteiger charge is -2.30. The molecule has 1 N–H and O–H groups in total. The maximum absolute atomic E-state index is 12.4. The van der Waals surface area contributed by atoms with Gasteiger partial charge >= 0.3 is 0 Å². The number of carbonyl (C=O) groups is 2. The number of morpholine rings is 1. The summed E-state index contributed by atoms with van der Waals surface area (Å²) in [6.07, 6.45) is 4.12. The average molecular weight is 279 g/mol. The van der Waals surface area contributed by atoms with E-state index >= 15 is 0 Å². The summed E-state index contributed by atoms with van der Waals surface area (Å²) >= 11 is 0. The van der Waals surface area contributed by atoms with Gasteiger partial charge in [0, 0.05) is 32.5 Å². The number of aromatic nitrogens is 1. The van der Waals surface area contributed by atoms with Gasteiger partial charge < -0.3 is 19.5 Å². The van der Waals surface area contributed by atoms with E-state index in [1.165, 1.54) is 0 Å². The highest BCUT2D eigenvalue weighted by Crippen LogP contribution is 2.06. The van der Waals surface area contributed by atoms with E-state index in [1.807, 2.05) is 14.0 Å². The maximum Gasteiger partial charge on any atom is 0.253 e. The molecule has 2 heterocycles. The normalized spacial score (nSPS) is 16.8. The molecule has 6 nitrogen and oxygen atoms in total. The maximum atomic E-state index is 12.4. The number of rotatable bonds is 4. The Morgan fingerprint density at radius 2 is 2.10 bits per heavy atom. The van der Waals surface area contributed by atoms with E-state index in [4.69, 9.17) is 4.74 Å². The molecule has 1 aliphatic rings. The van der Waals surface area contributed by atoms with Crippen LogP contribution in [0.5, 0.6) is 0 Å². The Balaban J connectivity index is 1.97. The van der Waals surface area contributed by atoms with E-state index in [1.54, 1.807) is 27.9 Å². The van der Waals surface area contributed by atoms with Gasteiger partial charge in [0.2, 0.25) is 5.91 Å². The zero-order valence-electron chi connectivity index (χ0n) is 12.0. The van der Waals surface area contributed by atoms with E-state index in [0.717, 1.165) is 0 Å². The minimum atomic E-state index is -0.471. The second kappa shape index (κ2) is 6.56. The van der Waals surface area contributed by atoms with E-state index in [2.05, 4.69) is 5.32 Å². The minimum absolute atomic E-state index is 0.0277. The zero-order valence-corrected chi connectivity index (χ0v) is 12.0. The van der Waals surface area contributed by atoms with E-state index in [-0.39, 0.29) is 11.8 Å². The topological polar surface area (TPSA) is 63.6 Å². The summed E-state index contributed by atoms with van der Waals surface area (Å²) in [5.74, 6) is -0.237. The Labute approximate surface area is 118 Å². The van der Waals surface area contributed by atoms with Crippen molar-refractivity contribution in [2.24, 2.45) is 7.05 Å². The van der Waals surface area contributed by atoms with Gasteiger partial charge in [-0.2, -0.15) is 0 Å². The number of ether oxygens (including phenoxy) is 1. The summed E-state index contributed by atoms with van der Waals surface area (Å²) in [6, 6.07) is 1.27. The van der Waals surface area contributed by atoms with Crippen molar-refractivity contribution < 1.29 is 14.3 Å². The van der Waals surface area contributed by atoms with Crippen molar-refractivity contribution in [2.45, 2.75) is 19.4 Å². The first kappa shape index (κ1) is 14.6. The van der Waals surface area contributed by atoms with Crippen LogP contribution in [0.2, 0.25) is 0 Å². The van der Waals surface area contributed by atoms with Crippen molar-refractivity contribution >= 4 is 11.8 Å². The SMILES string of the molecule is CCC(NC(=O)c1ccn(C)c1)C(=O)N1CCOCC1. The minimum Gasteiger partial charge on any atom is -0.378 e. The number of hydrogen-bond donors (Lipinski definition) is 1. The Bertz CT molecular complexity index is 478. The molecular weight excluding hydrogens is 258 g/mol. The average Bonchev–Trinajstić information content (AvgIpc) is 2.91. The molecule has 0 aliphatic carbocycles. The number of nitrogens with one attached hydrogen (secondary N) is 1. The molecule has 1 saturated heterocycles. The van der Waals surface area contributed by atoms with Crippen LogP contribution in [0.1, 0.15) is 23.7 Å². The Kier molecular flexibility index (Phi) is 4.79. The molecule has 6 heteroatoms. The first-order valence-electron chi connectivity index (χ1n) is 6.91. The van der Waals surface area contributed by atoms with Crippen LogP contribution in [0.25, 0.3) is 0 Å². The van der Waals surface area contributed by atoms with Gasteiger partial charge in [-0.15, -0.1) is 0 Å². The molecule has 20 heavy (non-hydrogen) atoms. The molecule has 0 spiro atoms. The van der Waals surface area contributed by atoms with Crippen molar-refractivity contribution in [2.75, 3.05) is 26.3 Å². The fraction of sp³-hybridized carbons (Fsp3) is 0.571. The predicted octanol–water partition coefficient (Wildman–Crippen LogP) is 0.392. The van der Waals surface area contributed by atoms with Crippen LogP contribution in [0.4, 0.5) is 0 Å². The van der Waals surface area contributed by atoms with Crippen LogP contribution in [0.3, 0.4) is 0 Å². The van der Waals surface area contributed by atoms with Crippen molar-refractivity contribution in [1.29, 1.82) is 0 Å². The molecule has 1 aliphatic heterocycles. The fourth-order valence-electron chi connectivity index (χ4n) is 2.22.